The molecule has 0 spiro atoms. The molecule has 0 aliphatic carbocycles. The largest absolute Gasteiger partial charge is 0.464 e. The Morgan fingerprint density at radius 2 is 1.87 bits per heavy atom. The molecule has 1 aliphatic rings. The van der Waals surface area contributed by atoms with Crippen LogP contribution in [0, 0.1) is 6.92 Å². The number of rotatable bonds is 7. The zero-order chi connectivity index (χ0) is 22.7. The second kappa shape index (κ2) is 14.0. The zero-order valence-corrected chi connectivity index (χ0v) is 19.9. The zero-order valence-electron chi connectivity index (χ0n) is 19.0. The van der Waals surface area contributed by atoms with Gasteiger partial charge in [-0.2, -0.15) is 0 Å². The second-order valence-electron chi connectivity index (χ2n) is 6.35. The number of benzene rings is 1. The van der Waals surface area contributed by atoms with Gasteiger partial charge in [0.1, 0.15) is 5.75 Å². The topological polar surface area (TPSA) is 44.0 Å². The van der Waals surface area contributed by atoms with Crippen molar-refractivity contribution in [1.29, 1.82) is 0 Å². The Hall–Kier alpha value is -3.13. The second-order valence-corrected chi connectivity index (χ2v) is 6.94. The summed E-state index contributed by atoms with van der Waals surface area (Å²) in [6.07, 6.45) is 8.01. The van der Waals surface area contributed by atoms with Crippen molar-refractivity contribution in [2.75, 3.05) is 6.54 Å². The summed E-state index contributed by atoms with van der Waals surface area (Å²) in [5.74, 6) is 0.793. The minimum absolute atomic E-state index is 0. The van der Waals surface area contributed by atoms with Crippen LogP contribution in [0.5, 0.6) is 5.75 Å². The fraction of sp³-hybridized carbons (Fsp3) is 0.222. The first kappa shape index (κ1) is 27.9. The summed E-state index contributed by atoms with van der Waals surface area (Å²) in [5, 5.41) is 0. The molecule has 0 bridgehead atoms. The van der Waals surface area contributed by atoms with E-state index in [4.69, 9.17) is 17.0 Å². The SMILES string of the molecule is C=C=C1C(/C=C(\CC=C)C(=C=C)N(CC=C)C(C)=S)=COc2ccc(C)cc21.CC.O. The smallest absolute Gasteiger partial charge is 0.135 e. The highest BCUT2D eigenvalue weighted by atomic mass is 32.1. The Bertz CT molecular complexity index is 984. The Labute approximate surface area is 192 Å². The molecule has 2 rings (SSSR count). The number of nitrogens with zero attached hydrogens (tertiary/aromatic N) is 1. The van der Waals surface area contributed by atoms with E-state index in [-0.39, 0.29) is 5.48 Å². The van der Waals surface area contributed by atoms with Crippen molar-refractivity contribution < 1.29 is 10.2 Å². The van der Waals surface area contributed by atoms with Gasteiger partial charge in [0.25, 0.3) is 0 Å². The normalized spacial score (nSPS) is 11.5. The highest BCUT2D eigenvalue weighted by molar-refractivity contribution is 7.80. The van der Waals surface area contributed by atoms with Gasteiger partial charge in [0, 0.05) is 23.3 Å². The Kier molecular flexibility index (Phi) is 12.6. The number of thiocarbonyl (C=S) groups is 1. The van der Waals surface area contributed by atoms with Crippen molar-refractivity contribution in [2.45, 2.75) is 34.1 Å². The van der Waals surface area contributed by atoms with E-state index in [0.29, 0.717) is 13.0 Å². The highest BCUT2D eigenvalue weighted by Gasteiger charge is 2.20. The number of ether oxygens (including phenoxy) is 1. The van der Waals surface area contributed by atoms with Crippen LogP contribution in [0.3, 0.4) is 0 Å². The van der Waals surface area contributed by atoms with Gasteiger partial charge in [0.05, 0.1) is 16.9 Å². The average molecular weight is 436 g/mol. The van der Waals surface area contributed by atoms with E-state index < -0.39 is 0 Å². The molecule has 0 radical (unpaired) electrons. The predicted molar refractivity (Wildman–Crippen MR) is 138 cm³/mol. The van der Waals surface area contributed by atoms with Crippen LogP contribution < -0.4 is 4.74 Å². The number of hydrogen-bond donors (Lipinski definition) is 0. The Morgan fingerprint density at radius 1 is 1.19 bits per heavy atom. The van der Waals surface area contributed by atoms with Crippen LogP contribution in [0.2, 0.25) is 0 Å². The molecule has 0 unspecified atom stereocenters. The minimum Gasteiger partial charge on any atom is -0.464 e. The number of fused-ring (bicyclic) bond motifs is 1. The third-order valence-corrected chi connectivity index (χ3v) is 4.53. The van der Waals surface area contributed by atoms with Crippen LogP contribution in [0.1, 0.15) is 38.3 Å². The van der Waals surface area contributed by atoms with E-state index in [1.54, 1.807) is 12.3 Å². The molecule has 164 valence electrons. The molecule has 1 heterocycles. The van der Waals surface area contributed by atoms with Gasteiger partial charge in [0.15, 0.2) is 0 Å². The molecule has 1 aromatic carbocycles. The fourth-order valence-electron chi connectivity index (χ4n) is 3.04. The average Bonchev–Trinajstić information content (AvgIpc) is 2.74. The monoisotopic (exact) mass is 435 g/mol. The fourth-order valence-corrected chi connectivity index (χ4v) is 3.21. The lowest BCUT2D eigenvalue weighted by Crippen LogP contribution is -2.27. The third-order valence-electron chi connectivity index (χ3n) is 4.31. The van der Waals surface area contributed by atoms with Gasteiger partial charge in [-0.15, -0.1) is 24.6 Å². The lowest BCUT2D eigenvalue weighted by Gasteiger charge is -2.26. The molecule has 0 amide bonds. The Balaban J connectivity index is 0.00000291. The van der Waals surface area contributed by atoms with Gasteiger partial charge in [-0.3, -0.25) is 0 Å². The summed E-state index contributed by atoms with van der Waals surface area (Å²) in [7, 11) is 0. The van der Waals surface area contributed by atoms with Crippen molar-refractivity contribution >= 4 is 22.8 Å². The van der Waals surface area contributed by atoms with E-state index in [9.17, 15) is 0 Å². The Morgan fingerprint density at radius 3 is 2.39 bits per heavy atom. The molecule has 1 aromatic rings. The van der Waals surface area contributed by atoms with Crippen LogP contribution in [-0.2, 0) is 0 Å². The maximum Gasteiger partial charge on any atom is 0.135 e. The summed E-state index contributed by atoms with van der Waals surface area (Å²) in [5.41, 5.74) is 11.7. The van der Waals surface area contributed by atoms with Gasteiger partial charge in [-0.25, -0.2) is 0 Å². The standard InChI is InChI=1S/C25H25NOS.C2H6.H2O/c1-7-11-20(24(10-4)26(14-8-2)19(6)28)16-21-17-27-25-13-12-18(5)15-23(25)22(21)9-3;1-2;/h7-8,12-13,15-17H,1-4,11,14H2,5-6H3;1-2H3;1H2/b20-16+;;. The quantitative estimate of drug-likeness (QED) is 0.208. The van der Waals surface area contributed by atoms with Gasteiger partial charge < -0.3 is 15.1 Å². The highest BCUT2D eigenvalue weighted by Crippen LogP contribution is 2.37. The van der Waals surface area contributed by atoms with Crippen LogP contribution in [0.4, 0.5) is 0 Å². The predicted octanol–water partition coefficient (Wildman–Crippen LogP) is 6.65. The van der Waals surface area contributed by atoms with E-state index in [1.165, 1.54) is 0 Å². The third kappa shape index (κ3) is 6.96. The first-order chi connectivity index (χ1) is 14.5. The molecule has 0 aromatic heterocycles. The number of allylic oxidation sites excluding steroid dienone is 5. The van der Waals surface area contributed by atoms with Crippen LogP contribution >= 0.6 is 12.2 Å². The first-order valence-corrected chi connectivity index (χ1v) is 10.4. The maximum atomic E-state index is 5.85. The van der Waals surface area contributed by atoms with Gasteiger partial charge in [-0.05, 0) is 44.1 Å². The molecule has 0 saturated carbocycles. The lowest BCUT2D eigenvalue weighted by atomic mass is 9.93. The molecule has 1 aliphatic heterocycles. The number of hydrogen-bond acceptors (Lipinski definition) is 2. The van der Waals surface area contributed by atoms with Crippen LogP contribution in [0.25, 0.3) is 5.57 Å². The summed E-state index contributed by atoms with van der Waals surface area (Å²) < 4.78 is 5.85. The van der Waals surface area contributed by atoms with Crippen LogP contribution in [-0.4, -0.2) is 21.9 Å². The molecule has 0 atom stereocenters. The molecule has 2 N–H and O–H groups in total. The molecule has 0 fully saturated rings. The van der Waals surface area contributed by atoms with Crippen molar-refractivity contribution in [2.24, 2.45) is 0 Å². The van der Waals surface area contributed by atoms with Gasteiger partial charge >= 0.3 is 0 Å². The summed E-state index contributed by atoms with van der Waals surface area (Å²) >= 11 is 5.41. The van der Waals surface area contributed by atoms with E-state index in [0.717, 1.165) is 44.3 Å². The van der Waals surface area contributed by atoms with E-state index >= 15 is 0 Å². The number of aryl methyl sites for hydroxylation is 1. The molecular weight excluding hydrogens is 402 g/mol. The van der Waals surface area contributed by atoms with Gasteiger partial charge in [-0.1, -0.05) is 63.0 Å². The summed E-state index contributed by atoms with van der Waals surface area (Å²) in [6, 6.07) is 6.05. The molecule has 4 heteroatoms. The van der Waals surface area contributed by atoms with Crippen molar-refractivity contribution in [1.82, 2.24) is 4.90 Å². The van der Waals surface area contributed by atoms with Crippen molar-refractivity contribution in [3.8, 4) is 5.75 Å². The minimum atomic E-state index is 0. The molecule has 31 heavy (non-hydrogen) atoms. The molecule has 0 saturated heterocycles. The maximum absolute atomic E-state index is 5.85. The first-order valence-electron chi connectivity index (χ1n) is 9.96. The van der Waals surface area contributed by atoms with Crippen LogP contribution in [0.15, 0.2) is 97.3 Å². The van der Waals surface area contributed by atoms with E-state index in [1.807, 2.05) is 56.9 Å². The lowest BCUT2D eigenvalue weighted by molar-refractivity contribution is 0.472. The van der Waals surface area contributed by atoms with E-state index in [2.05, 4.69) is 43.8 Å². The molecular formula is C27H33NO2S. The van der Waals surface area contributed by atoms with Crippen molar-refractivity contribution in [3.63, 3.8) is 0 Å². The van der Waals surface area contributed by atoms with Gasteiger partial charge in [0.2, 0.25) is 0 Å². The van der Waals surface area contributed by atoms with Crippen molar-refractivity contribution in [3.05, 3.63) is 108 Å². The molecule has 3 nitrogen and oxygen atoms in total. The summed E-state index contributed by atoms with van der Waals surface area (Å²) in [4.78, 5) is 2.67. The summed E-state index contributed by atoms with van der Waals surface area (Å²) in [6.45, 7) is 24.0.